The quantitative estimate of drug-likeness (QED) is 0.332. The van der Waals surface area contributed by atoms with Crippen LogP contribution in [0.25, 0.3) is 11.3 Å². The molecule has 1 fully saturated rings. The zero-order valence-electron chi connectivity index (χ0n) is 21.4. The molecular formula is C26H26F4N4O4S2. The Balaban J connectivity index is 1.45. The summed E-state index contributed by atoms with van der Waals surface area (Å²) in [5, 5.41) is 7.63. The van der Waals surface area contributed by atoms with E-state index in [-0.39, 0.29) is 35.1 Å². The first-order valence-corrected chi connectivity index (χ1v) is 14.3. The highest BCUT2D eigenvalue weighted by molar-refractivity contribution is 7.14. The zero-order valence-corrected chi connectivity index (χ0v) is 23.1. The Morgan fingerprint density at radius 2 is 1.98 bits per heavy atom. The topological polar surface area (TPSA) is 85.2 Å². The van der Waals surface area contributed by atoms with Crippen LogP contribution >= 0.6 is 22.7 Å². The number of fused-ring (bicyclic) bond motifs is 1. The maximum atomic E-state index is 14.4. The minimum absolute atomic E-state index is 0.0139. The summed E-state index contributed by atoms with van der Waals surface area (Å²) in [5.41, 5.74) is 0.735. The van der Waals surface area contributed by atoms with E-state index >= 15 is 0 Å². The second-order valence-corrected chi connectivity index (χ2v) is 11.2. The number of halogens is 4. The number of anilines is 1. The molecule has 0 saturated carbocycles. The molecule has 1 aromatic carbocycles. The standard InChI is InChI=1S/C26H26F4N4O4S2/c1-33-13-37-10-18-17(11-39-23(18)33)9-22(35)32-25-34(14-38-24(36)15-4-6-31-7-5-15)21(12-40-25)16-2-3-19(20(27)8-16)26(28,29)30/h2-3,8,11-12,15,31H,4-7,9-10,13-14H2,1H3/b32-25-. The Labute approximate surface area is 234 Å². The van der Waals surface area contributed by atoms with Gasteiger partial charge in [0.2, 0.25) is 0 Å². The molecular weight excluding hydrogens is 572 g/mol. The minimum Gasteiger partial charge on any atom is -0.444 e. The highest BCUT2D eigenvalue weighted by Crippen LogP contribution is 2.35. The first-order valence-electron chi connectivity index (χ1n) is 12.5. The van der Waals surface area contributed by atoms with E-state index in [4.69, 9.17) is 9.47 Å². The van der Waals surface area contributed by atoms with Crippen molar-refractivity contribution < 1.29 is 36.6 Å². The molecule has 214 valence electrons. The van der Waals surface area contributed by atoms with E-state index in [1.165, 1.54) is 15.9 Å². The number of esters is 1. The second-order valence-electron chi connectivity index (χ2n) is 9.54. The molecule has 2 aliphatic heterocycles. The molecule has 5 rings (SSSR count). The predicted octanol–water partition coefficient (Wildman–Crippen LogP) is 4.53. The summed E-state index contributed by atoms with van der Waals surface area (Å²) in [6.45, 7) is 1.89. The number of aromatic nitrogens is 1. The molecule has 4 heterocycles. The van der Waals surface area contributed by atoms with Gasteiger partial charge in [0, 0.05) is 23.6 Å². The zero-order chi connectivity index (χ0) is 28.4. The number of thiazole rings is 1. The fraction of sp³-hybridized carbons (Fsp3) is 0.423. The van der Waals surface area contributed by atoms with E-state index in [0.29, 0.717) is 45.3 Å². The Bertz CT molecular complexity index is 1470. The largest absolute Gasteiger partial charge is 0.444 e. The average Bonchev–Trinajstić information content (AvgIpc) is 3.51. The first-order chi connectivity index (χ1) is 19.1. The summed E-state index contributed by atoms with van der Waals surface area (Å²) in [7, 11) is 1.90. The molecule has 1 N–H and O–H groups in total. The maximum absolute atomic E-state index is 14.4. The molecule has 8 nitrogen and oxygen atoms in total. The average molecular weight is 599 g/mol. The highest BCUT2D eigenvalue weighted by atomic mass is 32.1. The fourth-order valence-electron chi connectivity index (χ4n) is 4.66. The number of benzene rings is 1. The van der Waals surface area contributed by atoms with Crippen molar-refractivity contribution >= 4 is 39.6 Å². The summed E-state index contributed by atoms with van der Waals surface area (Å²) in [6, 6.07) is 2.57. The van der Waals surface area contributed by atoms with Gasteiger partial charge in [-0.1, -0.05) is 6.07 Å². The van der Waals surface area contributed by atoms with E-state index in [1.54, 1.807) is 5.38 Å². The summed E-state index contributed by atoms with van der Waals surface area (Å²) < 4.78 is 66.3. The van der Waals surface area contributed by atoms with Crippen molar-refractivity contribution in [2.45, 2.75) is 38.8 Å². The van der Waals surface area contributed by atoms with Crippen molar-refractivity contribution in [2.24, 2.45) is 10.9 Å². The number of ether oxygens (including phenoxy) is 2. The van der Waals surface area contributed by atoms with Crippen molar-refractivity contribution in [2.75, 3.05) is 31.8 Å². The monoisotopic (exact) mass is 598 g/mol. The van der Waals surface area contributed by atoms with Gasteiger partial charge < -0.3 is 19.7 Å². The number of rotatable bonds is 6. The van der Waals surface area contributed by atoms with Crippen LogP contribution in [0.15, 0.2) is 34.0 Å². The van der Waals surface area contributed by atoms with Crippen LogP contribution in [0.4, 0.5) is 22.6 Å². The SMILES string of the molecule is CN1COCc2c(CC(=O)/N=c3\scc(-c4ccc(C(F)(F)F)c(F)c4)n3COC(=O)C3CCNCC3)csc21. The lowest BCUT2D eigenvalue weighted by atomic mass is 9.99. The number of hydrogen-bond acceptors (Lipinski definition) is 8. The number of piperidine rings is 1. The molecule has 14 heteroatoms. The van der Waals surface area contributed by atoms with Gasteiger partial charge in [0.05, 0.1) is 35.2 Å². The molecule has 0 radical (unpaired) electrons. The number of alkyl halides is 3. The van der Waals surface area contributed by atoms with Gasteiger partial charge in [-0.25, -0.2) is 4.39 Å². The molecule has 0 atom stereocenters. The van der Waals surface area contributed by atoms with Crippen molar-refractivity contribution in [3.8, 4) is 11.3 Å². The third-order valence-corrected chi connectivity index (χ3v) is 8.82. The molecule has 0 bridgehead atoms. The van der Waals surface area contributed by atoms with Crippen LogP contribution in [0, 0.1) is 11.7 Å². The smallest absolute Gasteiger partial charge is 0.419 e. The van der Waals surface area contributed by atoms with Crippen LogP contribution in [0.2, 0.25) is 0 Å². The number of nitrogens with one attached hydrogen (secondary N) is 1. The molecule has 2 aliphatic rings. The summed E-state index contributed by atoms with van der Waals surface area (Å²) in [4.78, 5) is 32.1. The van der Waals surface area contributed by atoms with Gasteiger partial charge in [-0.2, -0.15) is 18.2 Å². The fourth-order valence-corrected chi connectivity index (χ4v) is 6.62. The van der Waals surface area contributed by atoms with Gasteiger partial charge in [0.1, 0.15) is 12.5 Å². The lowest BCUT2D eigenvalue weighted by molar-refractivity contribution is -0.153. The number of carbonyl (C=O) groups excluding carboxylic acids is 2. The molecule has 3 aromatic rings. The molecule has 2 aromatic heterocycles. The van der Waals surface area contributed by atoms with E-state index in [2.05, 4.69) is 10.3 Å². The summed E-state index contributed by atoms with van der Waals surface area (Å²) >= 11 is 2.56. The van der Waals surface area contributed by atoms with Crippen LogP contribution in [0.5, 0.6) is 0 Å². The number of nitrogens with zero attached hydrogens (tertiary/aromatic N) is 3. The molecule has 0 unspecified atom stereocenters. The Kier molecular flexibility index (Phi) is 8.40. The van der Waals surface area contributed by atoms with Gasteiger partial charge in [-0.15, -0.1) is 22.7 Å². The first kappa shape index (κ1) is 28.5. The van der Waals surface area contributed by atoms with Gasteiger partial charge in [0.25, 0.3) is 5.91 Å². The minimum atomic E-state index is -4.84. The maximum Gasteiger partial charge on any atom is 0.419 e. The lowest BCUT2D eigenvalue weighted by Crippen LogP contribution is -2.33. The van der Waals surface area contributed by atoms with Gasteiger partial charge in [0.15, 0.2) is 11.5 Å². The molecule has 40 heavy (non-hydrogen) atoms. The van der Waals surface area contributed by atoms with Crippen LogP contribution < -0.4 is 15.0 Å². The van der Waals surface area contributed by atoms with Gasteiger partial charge in [-0.3, -0.25) is 14.2 Å². The molecule has 0 spiro atoms. The number of amides is 1. The lowest BCUT2D eigenvalue weighted by Gasteiger charge is -2.24. The Morgan fingerprint density at radius 3 is 2.70 bits per heavy atom. The molecule has 1 saturated heterocycles. The second kappa shape index (κ2) is 11.8. The van der Waals surface area contributed by atoms with Gasteiger partial charge >= 0.3 is 12.1 Å². The summed E-state index contributed by atoms with van der Waals surface area (Å²) in [5.74, 6) is -2.60. The normalized spacial score (nSPS) is 16.7. The van der Waals surface area contributed by atoms with Crippen molar-refractivity contribution in [1.82, 2.24) is 9.88 Å². The van der Waals surface area contributed by atoms with Gasteiger partial charge in [-0.05, 0) is 49.0 Å². The highest BCUT2D eigenvalue weighted by Gasteiger charge is 2.34. The van der Waals surface area contributed by atoms with Crippen LogP contribution in [0.3, 0.4) is 0 Å². The Hall–Kier alpha value is -3.07. The van der Waals surface area contributed by atoms with Crippen LogP contribution in [-0.2, 0) is 45.0 Å². The van der Waals surface area contributed by atoms with Crippen molar-refractivity contribution in [3.63, 3.8) is 0 Å². The predicted molar refractivity (Wildman–Crippen MR) is 141 cm³/mol. The van der Waals surface area contributed by atoms with E-state index in [9.17, 15) is 27.2 Å². The van der Waals surface area contributed by atoms with Crippen LogP contribution in [-0.4, -0.2) is 43.3 Å². The van der Waals surface area contributed by atoms with E-state index < -0.39 is 29.4 Å². The third-order valence-electron chi connectivity index (χ3n) is 6.77. The van der Waals surface area contributed by atoms with E-state index in [1.807, 2.05) is 17.3 Å². The summed E-state index contributed by atoms with van der Waals surface area (Å²) in [6.07, 6.45) is -3.60. The number of thiophene rings is 1. The van der Waals surface area contributed by atoms with Crippen molar-refractivity contribution in [1.29, 1.82) is 0 Å². The Morgan fingerprint density at radius 1 is 1.20 bits per heavy atom. The molecule has 0 aliphatic carbocycles. The third kappa shape index (κ3) is 6.14. The van der Waals surface area contributed by atoms with E-state index in [0.717, 1.165) is 39.6 Å². The van der Waals surface area contributed by atoms with Crippen molar-refractivity contribution in [3.05, 3.63) is 56.3 Å². The number of carbonyl (C=O) groups is 2. The number of hydrogen-bond donors (Lipinski definition) is 1. The molecule has 1 amide bonds. The van der Waals surface area contributed by atoms with Crippen LogP contribution in [0.1, 0.15) is 29.5 Å².